The monoisotopic (exact) mass is 265 g/mol. The summed E-state index contributed by atoms with van der Waals surface area (Å²) in [6, 6.07) is 3.56. The van der Waals surface area contributed by atoms with Gasteiger partial charge in [-0.15, -0.1) is 0 Å². The molecule has 0 spiro atoms. The summed E-state index contributed by atoms with van der Waals surface area (Å²) in [5.41, 5.74) is -0.0150. The topological polar surface area (TPSA) is 77.3 Å². The van der Waals surface area contributed by atoms with Crippen molar-refractivity contribution in [2.75, 3.05) is 13.2 Å². The Hall–Kier alpha value is -1.69. The molecule has 2 heterocycles. The van der Waals surface area contributed by atoms with Crippen molar-refractivity contribution < 1.29 is 9.66 Å². The number of nitro groups is 1. The predicted molar refractivity (Wildman–Crippen MR) is 71.3 cm³/mol. The lowest BCUT2D eigenvalue weighted by Crippen LogP contribution is -2.34. The number of nitrogens with zero attached hydrogens (tertiary/aromatic N) is 2. The highest BCUT2D eigenvalue weighted by molar-refractivity contribution is 5.28. The highest BCUT2D eigenvalue weighted by Gasteiger charge is 2.11. The van der Waals surface area contributed by atoms with Gasteiger partial charge in [0.1, 0.15) is 6.20 Å². The van der Waals surface area contributed by atoms with Crippen LogP contribution in [0.3, 0.4) is 0 Å². The summed E-state index contributed by atoms with van der Waals surface area (Å²) in [7, 11) is 0. The van der Waals surface area contributed by atoms with E-state index in [-0.39, 0.29) is 5.69 Å². The second kappa shape index (κ2) is 7.04. The molecule has 1 aliphatic heterocycles. The van der Waals surface area contributed by atoms with Gasteiger partial charge in [-0.3, -0.25) is 10.1 Å². The van der Waals surface area contributed by atoms with Crippen LogP contribution < -0.4 is 10.1 Å². The number of nitrogens with one attached hydrogen (secondary N) is 1. The van der Waals surface area contributed by atoms with Gasteiger partial charge in [0.2, 0.25) is 5.88 Å². The van der Waals surface area contributed by atoms with E-state index in [0.29, 0.717) is 18.5 Å². The molecular formula is C13H19N3O3. The summed E-state index contributed by atoms with van der Waals surface area (Å²) in [4.78, 5) is 13.9. The van der Waals surface area contributed by atoms with Crippen molar-refractivity contribution in [3.63, 3.8) is 0 Å². The van der Waals surface area contributed by atoms with Gasteiger partial charge in [0.05, 0.1) is 11.5 Å². The third kappa shape index (κ3) is 4.48. The highest BCUT2D eigenvalue weighted by Crippen LogP contribution is 2.15. The van der Waals surface area contributed by atoms with E-state index in [9.17, 15) is 10.1 Å². The Labute approximate surface area is 112 Å². The van der Waals surface area contributed by atoms with Gasteiger partial charge in [-0.1, -0.05) is 6.42 Å². The van der Waals surface area contributed by atoms with Gasteiger partial charge in [0, 0.05) is 18.2 Å². The summed E-state index contributed by atoms with van der Waals surface area (Å²) in [5, 5.41) is 14.0. The molecule has 104 valence electrons. The molecular weight excluding hydrogens is 246 g/mol. The predicted octanol–water partition coefficient (Wildman–Crippen LogP) is 2.29. The Morgan fingerprint density at radius 2 is 2.37 bits per heavy atom. The number of aromatic nitrogens is 1. The van der Waals surface area contributed by atoms with E-state index in [2.05, 4.69) is 10.3 Å². The highest BCUT2D eigenvalue weighted by atomic mass is 16.6. The standard InChI is InChI=1S/C13H19N3O3/c17-16(18)12-6-7-13(15-10-12)19-9-3-5-11-4-1-2-8-14-11/h6-7,10-11,14H,1-5,8-9H2/t11-/m0/s1. The molecule has 1 fully saturated rings. The zero-order valence-corrected chi connectivity index (χ0v) is 10.9. The number of ether oxygens (including phenoxy) is 1. The van der Waals surface area contributed by atoms with Crippen molar-refractivity contribution in [1.29, 1.82) is 0 Å². The molecule has 0 radical (unpaired) electrons. The summed E-state index contributed by atoms with van der Waals surface area (Å²) >= 11 is 0. The third-order valence-corrected chi connectivity index (χ3v) is 3.29. The first-order chi connectivity index (χ1) is 9.25. The maximum absolute atomic E-state index is 10.5. The van der Waals surface area contributed by atoms with E-state index in [4.69, 9.17) is 4.74 Å². The van der Waals surface area contributed by atoms with E-state index in [1.165, 1.54) is 37.6 Å². The van der Waals surface area contributed by atoms with Gasteiger partial charge in [-0.05, 0) is 32.2 Å². The van der Waals surface area contributed by atoms with E-state index in [0.717, 1.165) is 19.4 Å². The lowest BCUT2D eigenvalue weighted by atomic mass is 10.0. The van der Waals surface area contributed by atoms with Crippen molar-refractivity contribution in [2.24, 2.45) is 0 Å². The van der Waals surface area contributed by atoms with Crippen LogP contribution in [0.5, 0.6) is 5.88 Å². The molecule has 1 aromatic heterocycles. The maximum Gasteiger partial charge on any atom is 0.287 e. The van der Waals surface area contributed by atoms with Crippen LogP contribution in [0, 0.1) is 10.1 Å². The first-order valence-corrected chi connectivity index (χ1v) is 6.72. The minimum atomic E-state index is -0.467. The minimum Gasteiger partial charge on any atom is -0.478 e. The maximum atomic E-state index is 10.5. The van der Waals surface area contributed by atoms with Gasteiger partial charge >= 0.3 is 0 Å². The number of piperidine rings is 1. The Balaban J connectivity index is 1.66. The number of hydrogen-bond donors (Lipinski definition) is 1. The minimum absolute atomic E-state index is 0.0150. The van der Waals surface area contributed by atoms with Crippen LogP contribution in [-0.4, -0.2) is 29.1 Å². The quantitative estimate of drug-likeness (QED) is 0.485. The van der Waals surface area contributed by atoms with Crippen molar-refractivity contribution in [3.05, 3.63) is 28.4 Å². The van der Waals surface area contributed by atoms with Crippen LogP contribution in [0.1, 0.15) is 32.1 Å². The molecule has 19 heavy (non-hydrogen) atoms. The second-order valence-corrected chi connectivity index (χ2v) is 4.75. The van der Waals surface area contributed by atoms with Crippen LogP contribution in [0.25, 0.3) is 0 Å². The molecule has 1 atom stereocenters. The Morgan fingerprint density at radius 3 is 3.00 bits per heavy atom. The molecule has 1 aromatic rings. The molecule has 0 amide bonds. The van der Waals surface area contributed by atoms with Crippen LogP contribution >= 0.6 is 0 Å². The molecule has 0 bridgehead atoms. The largest absolute Gasteiger partial charge is 0.478 e. The van der Waals surface area contributed by atoms with Gasteiger partial charge < -0.3 is 10.1 Å². The lowest BCUT2D eigenvalue weighted by Gasteiger charge is -2.23. The number of hydrogen-bond acceptors (Lipinski definition) is 5. The van der Waals surface area contributed by atoms with Crippen molar-refractivity contribution in [2.45, 2.75) is 38.1 Å². The Kier molecular flexibility index (Phi) is 5.09. The zero-order chi connectivity index (χ0) is 13.5. The van der Waals surface area contributed by atoms with Crippen LogP contribution in [-0.2, 0) is 0 Å². The van der Waals surface area contributed by atoms with Crippen molar-refractivity contribution in [1.82, 2.24) is 10.3 Å². The fraction of sp³-hybridized carbons (Fsp3) is 0.615. The Bertz CT molecular complexity index is 402. The van der Waals surface area contributed by atoms with Gasteiger partial charge in [0.25, 0.3) is 5.69 Å². The number of rotatable bonds is 6. The Morgan fingerprint density at radius 1 is 1.47 bits per heavy atom. The fourth-order valence-electron chi connectivity index (χ4n) is 2.24. The molecule has 1 aliphatic rings. The second-order valence-electron chi connectivity index (χ2n) is 4.75. The van der Waals surface area contributed by atoms with Crippen molar-refractivity contribution in [3.8, 4) is 5.88 Å². The molecule has 0 saturated carbocycles. The molecule has 2 rings (SSSR count). The van der Waals surface area contributed by atoms with Gasteiger partial charge in [-0.2, -0.15) is 0 Å². The normalized spacial score (nSPS) is 19.1. The lowest BCUT2D eigenvalue weighted by molar-refractivity contribution is -0.385. The van der Waals surface area contributed by atoms with E-state index in [1.807, 2.05) is 0 Å². The average molecular weight is 265 g/mol. The molecule has 6 heteroatoms. The molecule has 6 nitrogen and oxygen atoms in total. The zero-order valence-electron chi connectivity index (χ0n) is 10.9. The summed E-state index contributed by atoms with van der Waals surface area (Å²) in [6.07, 6.45) is 7.12. The smallest absolute Gasteiger partial charge is 0.287 e. The SMILES string of the molecule is O=[N+]([O-])c1ccc(OCCC[C@@H]2CCCCN2)nc1. The molecule has 0 unspecified atom stereocenters. The average Bonchev–Trinajstić information content (AvgIpc) is 2.45. The fourth-order valence-corrected chi connectivity index (χ4v) is 2.24. The van der Waals surface area contributed by atoms with Crippen molar-refractivity contribution >= 4 is 5.69 Å². The first kappa shape index (κ1) is 13.7. The summed E-state index contributed by atoms with van der Waals surface area (Å²) in [6.45, 7) is 1.72. The first-order valence-electron chi connectivity index (χ1n) is 6.72. The van der Waals surface area contributed by atoms with Crippen LogP contribution in [0.2, 0.25) is 0 Å². The molecule has 0 aromatic carbocycles. The van der Waals surface area contributed by atoms with E-state index < -0.39 is 4.92 Å². The number of pyridine rings is 1. The molecule has 1 saturated heterocycles. The summed E-state index contributed by atoms with van der Waals surface area (Å²) in [5.74, 6) is 0.446. The molecule has 0 aliphatic carbocycles. The van der Waals surface area contributed by atoms with Crippen LogP contribution in [0.4, 0.5) is 5.69 Å². The van der Waals surface area contributed by atoms with Gasteiger partial charge in [-0.25, -0.2) is 4.98 Å². The van der Waals surface area contributed by atoms with Gasteiger partial charge in [0.15, 0.2) is 0 Å². The third-order valence-electron chi connectivity index (χ3n) is 3.29. The van der Waals surface area contributed by atoms with E-state index in [1.54, 1.807) is 0 Å². The summed E-state index contributed by atoms with van der Waals surface area (Å²) < 4.78 is 5.47. The molecule has 1 N–H and O–H groups in total. The van der Waals surface area contributed by atoms with Crippen LogP contribution in [0.15, 0.2) is 18.3 Å². The van der Waals surface area contributed by atoms with E-state index >= 15 is 0 Å².